The minimum atomic E-state index is -1.34. The lowest BCUT2D eigenvalue weighted by Crippen LogP contribution is -2.49. The molecule has 31 heavy (non-hydrogen) atoms. The molecule has 1 heterocycles. The third-order valence-electron chi connectivity index (χ3n) is 7.35. The summed E-state index contributed by atoms with van der Waals surface area (Å²) >= 11 is 0. The van der Waals surface area contributed by atoms with Gasteiger partial charge in [0.1, 0.15) is 0 Å². The summed E-state index contributed by atoms with van der Waals surface area (Å²) in [5.74, 6) is -2.89. The second kappa shape index (κ2) is 5.91. The van der Waals surface area contributed by atoms with Gasteiger partial charge in [-0.25, -0.2) is 4.90 Å². The van der Waals surface area contributed by atoms with Crippen LogP contribution in [0.3, 0.4) is 0 Å². The third kappa shape index (κ3) is 2.08. The van der Waals surface area contributed by atoms with Gasteiger partial charge in [-0.05, 0) is 46.9 Å². The van der Waals surface area contributed by atoms with E-state index in [9.17, 15) is 19.5 Å². The SMILES string of the molecule is C[C@@]12C(=O)N(c3cccc(C(=O)[O-])c3)C(=O)[C@H]1C1c3ccccc3C2c2ccccc21. The molecule has 0 aromatic heterocycles. The van der Waals surface area contributed by atoms with E-state index in [0.717, 1.165) is 22.3 Å². The van der Waals surface area contributed by atoms with E-state index in [2.05, 4.69) is 24.3 Å². The fourth-order valence-electron chi connectivity index (χ4n) is 6.13. The lowest BCUT2D eigenvalue weighted by Gasteiger charge is -2.51. The van der Waals surface area contributed by atoms with Gasteiger partial charge in [0.05, 0.1) is 23.0 Å². The molecular weight excluding hydrogens is 390 g/mol. The molecule has 7 rings (SSSR count). The number of nitrogens with zero attached hydrogens (tertiary/aromatic N) is 1. The lowest BCUT2D eigenvalue weighted by atomic mass is 9.48. The molecule has 5 nitrogen and oxygen atoms in total. The third-order valence-corrected chi connectivity index (χ3v) is 7.35. The summed E-state index contributed by atoms with van der Waals surface area (Å²) in [6, 6.07) is 22.0. The Hall–Kier alpha value is -3.73. The molecule has 1 fully saturated rings. The first kappa shape index (κ1) is 18.1. The van der Waals surface area contributed by atoms with Crippen molar-refractivity contribution in [2.45, 2.75) is 18.8 Å². The van der Waals surface area contributed by atoms with Crippen LogP contribution in [0.2, 0.25) is 0 Å². The number of rotatable bonds is 2. The second-order valence-electron chi connectivity index (χ2n) is 8.75. The number of anilines is 1. The number of hydrogen-bond donors (Lipinski definition) is 0. The van der Waals surface area contributed by atoms with E-state index in [1.807, 2.05) is 31.2 Å². The van der Waals surface area contributed by atoms with Crippen molar-refractivity contribution >= 4 is 23.5 Å². The van der Waals surface area contributed by atoms with Crippen LogP contribution in [0.4, 0.5) is 5.69 Å². The number of aromatic carboxylic acids is 1. The van der Waals surface area contributed by atoms with E-state index in [0.29, 0.717) is 0 Å². The van der Waals surface area contributed by atoms with Crippen molar-refractivity contribution in [2.24, 2.45) is 11.3 Å². The number of carbonyl (C=O) groups excluding carboxylic acids is 3. The number of carboxylic acid groups (broad SMARTS) is 1. The van der Waals surface area contributed by atoms with Crippen molar-refractivity contribution in [2.75, 3.05) is 4.90 Å². The molecule has 2 amide bonds. The van der Waals surface area contributed by atoms with Crippen LogP contribution in [0, 0.1) is 11.3 Å². The second-order valence-corrected chi connectivity index (χ2v) is 8.75. The summed E-state index contributed by atoms with van der Waals surface area (Å²) < 4.78 is 0. The Morgan fingerprint density at radius 1 is 0.871 bits per heavy atom. The van der Waals surface area contributed by atoms with Crippen molar-refractivity contribution in [1.82, 2.24) is 0 Å². The molecular formula is C26H18NO4-. The van der Waals surface area contributed by atoms with Gasteiger partial charge in [0, 0.05) is 11.8 Å². The first-order valence-corrected chi connectivity index (χ1v) is 10.3. The Morgan fingerprint density at radius 3 is 2.03 bits per heavy atom. The zero-order valence-corrected chi connectivity index (χ0v) is 16.7. The van der Waals surface area contributed by atoms with E-state index >= 15 is 0 Å². The fraction of sp³-hybridized carbons (Fsp3) is 0.192. The van der Waals surface area contributed by atoms with Crippen molar-refractivity contribution in [3.8, 4) is 0 Å². The zero-order valence-electron chi connectivity index (χ0n) is 16.7. The molecule has 0 saturated carbocycles. The van der Waals surface area contributed by atoms with Crippen molar-refractivity contribution < 1.29 is 19.5 Å². The first-order chi connectivity index (χ1) is 14.9. The summed E-state index contributed by atoms with van der Waals surface area (Å²) in [6.45, 7) is 1.89. The smallest absolute Gasteiger partial charge is 0.241 e. The van der Waals surface area contributed by atoms with E-state index in [-0.39, 0.29) is 34.9 Å². The minimum absolute atomic E-state index is 0.0623. The Kier molecular flexibility index (Phi) is 3.45. The van der Waals surface area contributed by atoms with Gasteiger partial charge in [-0.2, -0.15) is 0 Å². The van der Waals surface area contributed by atoms with Gasteiger partial charge in [-0.1, -0.05) is 60.7 Å². The molecule has 0 spiro atoms. The molecule has 3 aromatic rings. The van der Waals surface area contributed by atoms with Gasteiger partial charge in [0.25, 0.3) is 0 Å². The summed E-state index contributed by atoms with van der Waals surface area (Å²) in [5.41, 5.74) is 3.66. The molecule has 2 bridgehead atoms. The van der Waals surface area contributed by atoms with Crippen LogP contribution in [-0.2, 0) is 9.59 Å². The van der Waals surface area contributed by atoms with Gasteiger partial charge in [0.15, 0.2) is 0 Å². The average molecular weight is 408 g/mol. The molecule has 3 aliphatic carbocycles. The number of amides is 2. The summed E-state index contributed by atoms with van der Waals surface area (Å²) in [5, 5.41) is 11.4. The maximum Gasteiger partial charge on any atom is 0.241 e. The maximum atomic E-state index is 13.9. The van der Waals surface area contributed by atoms with Crippen molar-refractivity contribution in [3.63, 3.8) is 0 Å². The molecule has 0 radical (unpaired) electrons. The summed E-state index contributed by atoms with van der Waals surface area (Å²) in [7, 11) is 0. The number of hydrogen-bond acceptors (Lipinski definition) is 4. The highest BCUT2D eigenvalue weighted by Crippen LogP contribution is 2.67. The molecule has 0 unspecified atom stereocenters. The van der Waals surface area contributed by atoms with E-state index in [4.69, 9.17) is 0 Å². The molecule has 0 N–H and O–H groups in total. The van der Waals surface area contributed by atoms with Crippen LogP contribution >= 0.6 is 0 Å². The quantitative estimate of drug-likeness (QED) is 0.611. The van der Waals surface area contributed by atoms with Gasteiger partial charge in [-0.3, -0.25) is 9.59 Å². The molecule has 1 saturated heterocycles. The summed E-state index contributed by atoms with van der Waals surface area (Å²) in [4.78, 5) is 40.2. The fourth-order valence-corrected chi connectivity index (χ4v) is 6.13. The van der Waals surface area contributed by atoms with Crippen LogP contribution in [0.5, 0.6) is 0 Å². The normalized spacial score (nSPS) is 27.6. The van der Waals surface area contributed by atoms with Crippen LogP contribution in [0.15, 0.2) is 72.8 Å². The zero-order chi connectivity index (χ0) is 21.5. The Labute approximate surface area is 178 Å². The largest absolute Gasteiger partial charge is 0.545 e. The topological polar surface area (TPSA) is 77.5 Å². The number of carboxylic acids is 1. The molecule has 152 valence electrons. The Bertz CT molecular complexity index is 1260. The Balaban J connectivity index is 1.59. The van der Waals surface area contributed by atoms with Gasteiger partial charge in [-0.15, -0.1) is 0 Å². The monoisotopic (exact) mass is 408 g/mol. The Morgan fingerprint density at radius 2 is 1.45 bits per heavy atom. The first-order valence-electron chi connectivity index (χ1n) is 10.3. The van der Waals surface area contributed by atoms with Gasteiger partial charge in [0.2, 0.25) is 11.8 Å². The van der Waals surface area contributed by atoms with E-state index in [1.54, 1.807) is 6.07 Å². The van der Waals surface area contributed by atoms with Crippen molar-refractivity contribution in [1.29, 1.82) is 0 Å². The predicted molar refractivity (Wildman–Crippen MR) is 111 cm³/mol. The maximum absolute atomic E-state index is 13.9. The molecule has 3 aromatic carbocycles. The average Bonchev–Trinajstić information content (AvgIpc) is 2.99. The van der Waals surface area contributed by atoms with Crippen molar-refractivity contribution in [3.05, 3.63) is 101 Å². The van der Waals surface area contributed by atoms with E-state index in [1.165, 1.54) is 23.1 Å². The van der Waals surface area contributed by atoms with E-state index < -0.39 is 17.3 Å². The highest BCUT2D eigenvalue weighted by atomic mass is 16.4. The molecule has 5 heteroatoms. The van der Waals surface area contributed by atoms with Crippen LogP contribution in [-0.4, -0.2) is 17.8 Å². The van der Waals surface area contributed by atoms with Crippen LogP contribution < -0.4 is 10.0 Å². The van der Waals surface area contributed by atoms with Crippen LogP contribution in [0.1, 0.15) is 51.4 Å². The van der Waals surface area contributed by atoms with Gasteiger partial charge >= 0.3 is 0 Å². The lowest BCUT2D eigenvalue weighted by molar-refractivity contribution is -0.255. The molecule has 2 atom stereocenters. The summed E-state index contributed by atoms with van der Waals surface area (Å²) in [6.07, 6.45) is 0. The number of carbonyl (C=O) groups is 3. The highest BCUT2D eigenvalue weighted by molar-refractivity contribution is 6.25. The predicted octanol–water partition coefficient (Wildman–Crippen LogP) is 2.84. The molecule has 4 aliphatic rings. The highest BCUT2D eigenvalue weighted by Gasteiger charge is 2.68. The van der Waals surface area contributed by atoms with Crippen LogP contribution in [0.25, 0.3) is 0 Å². The van der Waals surface area contributed by atoms with Gasteiger partial charge < -0.3 is 9.90 Å². The number of imide groups is 1. The minimum Gasteiger partial charge on any atom is -0.545 e. The number of benzene rings is 3. The standard InChI is InChI=1S/C26H19NO4/c1-26-21-18-11-4-2-9-16(18)20(17-10-3-5-12-19(17)21)22(26)23(28)27(25(26)31)15-8-6-7-14(13-15)24(29)30/h2-13,20-22H,1H3,(H,29,30)/p-1/t20?,21?,22-,26+/m1/s1. The molecule has 1 aliphatic heterocycles.